The van der Waals surface area contributed by atoms with Crippen molar-refractivity contribution in [2.24, 2.45) is 5.73 Å². The van der Waals surface area contributed by atoms with E-state index in [1.165, 1.54) is 31.2 Å². The lowest BCUT2D eigenvalue weighted by atomic mass is 10.2. The van der Waals surface area contributed by atoms with Gasteiger partial charge in [-0.15, -0.1) is 0 Å². The minimum Gasteiger partial charge on any atom is -0.449 e. The molecule has 3 amide bonds. The Morgan fingerprint density at radius 2 is 1.71 bits per heavy atom. The van der Waals surface area contributed by atoms with Gasteiger partial charge in [0, 0.05) is 6.26 Å². The number of benzene rings is 1. The molecule has 0 fully saturated rings. The lowest BCUT2D eigenvalue weighted by molar-refractivity contribution is -0.127. The summed E-state index contributed by atoms with van der Waals surface area (Å²) in [6.07, 6.45) is -0.184. The van der Waals surface area contributed by atoms with Crippen molar-refractivity contribution in [3.05, 3.63) is 29.8 Å². The van der Waals surface area contributed by atoms with Gasteiger partial charge in [0.2, 0.25) is 0 Å². The molecule has 0 spiro atoms. The molecule has 0 aliphatic rings. The van der Waals surface area contributed by atoms with Crippen LogP contribution in [0.5, 0.6) is 0 Å². The molecular weight excluding hydrogens is 300 g/mol. The lowest BCUT2D eigenvalue weighted by Crippen LogP contribution is -2.42. The fourth-order valence-electron chi connectivity index (χ4n) is 1.34. The van der Waals surface area contributed by atoms with Gasteiger partial charge in [-0.1, -0.05) is 0 Å². The summed E-state index contributed by atoms with van der Waals surface area (Å²) in [5, 5.41) is 1.77. The smallest absolute Gasteiger partial charge is 0.338 e. The van der Waals surface area contributed by atoms with E-state index in [2.05, 4.69) is 0 Å². The molecule has 9 heteroatoms. The Hall–Kier alpha value is -2.42. The van der Waals surface area contributed by atoms with E-state index in [1.807, 2.05) is 0 Å². The van der Waals surface area contributed by atoms with Crippen molar-refractivity contribution in [1.82, 2.24) is 5.32 Å². The molecule has 0 heterocycles. The Bertz CT molecular complexity index is 665. The van der Waals surface area contributed by atoms with Gasteiger partial charge in [0.15, 0.2) is 15.9 Å². The molecule has 0 aliphatic heterocycles. The van der Waals surface area contributed by atoms with Gasteiger partial charge in [0.05, 0.1) is 10.5 Å². The number of esters is 1. The average Bonchev–Trinajstić information content (AvgIpc) is 2.36. The number of ether oxygens (including phenoxy) is 1. The van der Waals surface area contributed by atoms with Crippen LogP contribution in [0.15, 0.2) is 29.2 Å². The van der Waals surface area contributed by atoms with Crippen molar-refractivity contribution < 1.29 is 27.5 Å². The minimum atomic E-state index is -3.36. The predicted molar refractivity (Wildman–Crippen MR) is 72.2 cm³/mol. The maximum absolute atomic E-state index is 11.7. The normalized spacial score (nSPS) is 12.3. The van der Waals surface area contributed by atoms with Crippen molar-refractivity contribution in [3.8, 4) is 0 Å². The summed E-state index contributed by atoms with van der Waals surface area (Å²) < 4.78 is 27.4. The second kappa shape index (κ2) is 6.35. The van der Waals surface area contributed by atoms with Crippen LogP contribution in [-0.2, 0) is 19.4 Å². The molecule has 1 atom stereocenters. The van der Waals surface area contributed by atoms with E-state index in [9.17, 15) is 22.8 Å². The van der Waals surface area contributed by atoms with Crippen molar-refractivity contribution in [2.75, 3.05) is 6.26 Å². The number of urea groups is 1. The van der Waals surface area contributed by atoms with Crippen LogP contribution in [0.4, 0.5) is 4.79 Å². The fraction of sp³-hybridized carbons (Fsp3) is 0.250. The van der Waals surface area contributed by atoms with E-state index in [0.717, 1.165) is 6.26 Å². The van der Waals surface area contributed by atoms with E-state index < -0.39 is 33.8 Å². The minimum absolute atomic E-state index is 0.0542. The van der Waals surface area contributed by atoms with Gasteiger partial charge in [0.25, 0.3) is 5.91 Å². The zero-order chi connectivity index (χ0) is 16.2. The third-order valence-electron chi connectivity index (χ3n) is 2.42. The molecule has 1 aromatic rings. The van der Waals surface area contributed by atoms with E-state index in [1.54, 1.807) is 5.32 Å². The zero-order valence-corrected chi connectivity index (χ0v) is 12.1. The number of primary amides is 1. The van der Waals surface area contributed by atoms with Crippen LogP contribution in [0.25, 0.3) is 0 Å². The van der Waals surface area contributed by atoms with Crippen LogP contribution in [-0.4, -0.2) is 38.7 Å². The number of hydrogen-bond donors (Lipinski definition) is 2. The highest BCUT2D eigenvalue weighted by Crippen LogP contribution is 2.11. The number of hydrogen-bond acceptors (Lipinski definition) is 6. The second-order valence-electron chi connectivity index (χ2n) is 4.20. The molecule has 21 heavy (non-hydrogen) atoms. The summed E-state index contributed by atoms with van der Waals surface area (Å²) in [4.78, 5) is 33.6. The largest absolute Gasteiger partial charge is 0.449 e. The number of rotatable bonds is 4. The van der Waals surface area contributed by atoms with Crippen LogP contribution in [0.3, 0.4) is 0 Å². The van der Waals surface area contributed by atoms with Gasteiger partial charge < -0.3 is 10.5 Å². The van der Waals surface area contributed by atoms with Gasteiger partial charge in [-0.25, -0.2) is 18.0 Å². The SMILES string of the molecule is CC(OC(=O)c1ccc(S(C)(=O)=O)cc1)C(=O)NC(N)=O. The molecule has 0 aromatic heterocycles. The highest BCUT2D eigenvalue weighted by molar-refractivity contribution is 7.90. The molecule has 1 aromatic carbocycles. The van der Waals surface area contributed by atoms with Crippen LogP contribution in [0, 0.1) is 0 Å². The summed E-state index contributed by atoms with van der Waals surface area (Å²) in [6.45, 7) is 1.26. The van der Waals surface area contributed by atoms with Gasteiger partial charge in [-0.3, -0.25) is 10.1 Å². The van der Waals surface area contributed by atoms with Gasteiger partial charge in [-0.2, -0.15) is 0 Å². The first-order chi connectivity index (χ1) is 9.61. The van der Waals surface area contributed by atoms with Crippen LogP contribution in [0.2, 0.25) is 0 Å². The quantitative estimate of drug-likeness (QED) is 0.741. The molecule has 0 aliphatic carbocycles. The van der Waals surface area contributed by atoms with E-state index in [0.29, 0.717) is 0 Å². The number of amides is 3. The summed E-state index contributed by atoms with van der Waals surface area (Å²) >= 11 is 0. The number of nitrogens with two attached hydrogens (primary N) is 1. The van der Waals surface area contributed by atoms with E-state index >= 15 is 0 Å². The average molecular weight is 314 g/mol. The summed E-state index contributed by atoms with van der Waals surface area (Å²) in [6, 6.07) is 3.97. The number of nitrogens with one attached hydrogen (secondary N) is 1. The van der Waals surface area contributed by atoms with Gasteiger partial charge in [-0.05, 0) is 31.2 Å². The number of imide groups is 1. The summed E-state index contributed by atoms with van der Waals surface area (Å²) in [7, 11) is -3.36. The molecule has 3 N–H and O–H groups in total. The van der Waals surface area contributed by atoms with Gasteiger partial charge >= 0.3 is 12.0 Å². The number of carbonyl (C=O) groups excluding carboxylic acids is 3. The zero-order valence-electron chi connectivity index (χ0n) is 11.3. The Morgan fingerprint density at radius 3 is 2.14 bits per heavy atom. The van der Waals surface area contributed by atoms with E-state index in [4.69, 9.17) is 10.5 Å². The number of sulfone groups is 1. The Balaban J connectivity index is 2.76. The monoisotopic (exact) mass is 314 g/mol. The van der Waals surface area contributed by atoms with Crippen LogP contribution >= 0.6 is 0 Å². The van der Waals surface area contributed by atoms with E-state index in [-0.39, 0.29) is 10.5 Å². The second-order valence-corrected chi connectivity index (χ2v) is 6.21. The molecular formula is C12H14N2O6S. The molecule has 0 bridgehead atoms. The van der Waals surface area contributed by atoms with Crippen molar-refractivity contribution in [2.45, 2.75) is 17.9 Å². The first kappa shape index (κ1) is 16.6. The third-order valence-corrected chi connectivity index (χ3v) is 3.55. The molecule has 0 saturated heterocycles. The van der Waals surface area contributed by atoms with Crippen molar-refractivity contribution in [3.63, 3.8) is 0 Å². The predicted octanol–water partition coefficient (Wildman–Crippen LogP) is -0.170. The van der Waals surface area contributed by atoms with Crippen LogP contribution in [0.1, 0.15) is 17.3 Å². The fourth-order valence-corrected chi connectivity index (χ4v) is 1.97. The lowest BCUT2D eigenvalue weighted by Gasteiger charge is -2.12. The maximum Gasteiger partial charge on any atom is 0.338 e. The molecule has 8 nitrogen and oxygen atoms in total. The molecule has 1 rings (SSSR count). The first-order valence-corrected chi connectivity index (χ1v) is 7.62. The highest BCUT2D eigenvalue weighted by Gasteiger charge is 2.20. The van der Waals surface area contributed by atoms with Crippen LogP contribution < -0.4 is 11.1 Å². The molecule has 0 saturated carbocycles. The summed E-state index contributed by atoms with van der Waals surface area (Å²) in [5.74, 6) is -1.69. The standard InChI is InChI=1S/C12H14N2O6S/c1-7(10(15)14-12(13)17)20-11(16)8-3-5-9(6-4-8)21(2,18)19/h3-7H,1-2H3,(H3,13,14,15,17). The maximum atomic E-state index is 11.7. The molecule has 1 unspecified atom stereocenters. The molecule has 114 valence electrons. The van der Waals surface area contributed by atoms with Crippen molar-refractivity contribution in [1.29, 1.82) is 0 Å². The van der Waals surface area contributed by atoms with Crippen molar-refractivity contribution >= 4 is 27.7 Å². The highest BCUT2D eigenvalue weighted by atomic mass is 32.2. The first-order valence-electron chi connectivity index (χ1n) is 5.72. The van der Waals surface area contributed by atoms with Gasteiger partial charge in [0.1, 0.15) is 0 Å². The topological polar surface area (TPSA) is 133 Å². The molecule has 0 radical (unpaired) electrons. The Morgan fingerprint density at radius 1 is 1.19 bits per heavy atom. The Kier molecular flexibility index (Phi) is 5.03. The third kappa shape index (κ3) is 4.88. The Labute approximate surface area is 121 Å². The number of carbonyl (C=O) groups is 3. The summed E-state index contributed by atoms with van der Waals surface area (Å²) in [5.41, 5.74) is 4.83.